The maximum absolute atomic E-state index is 12.0. The summed E-state index contributed by atoms with van der Waals surface area (Å²) in [6.07, 6.45) is 5.01. The molecule has 1 aliphatic carbocycles. The van der Waals surface area contributed by atoms with Gasteiger partial charge in [0.2, 0.25) is 5.91 Å². The summed E-state index contributed by atoms with van der Waals surface area (Å²) in [5.41, 5.74) is 4.67. The first kappa shape index (κ1) is 13.9. The minimum atomic E-state index is 0.0404. The van der Waals surface area contributed by atoms with Gasteiger partial charge in [-0.2, -0.15) is 0 Å². The van der Waals surface area contributed by atoms with E-state index in [1.54, 1.807) is 0 Å². The standard InChI is InChI=1S/C17H21N3O/c1-12-6-2-3-7-13(12)10-17(21)18-11-16-19-14-8-4-5-9-15(14)20-16/h2-3,6-7H,4-5,8-11H2,1H3,(H,18,21)(H,19,20). The van der Waals surface area contributed by atoms with Gasteiger partial charge in [0.05, 0.1) is 18.7 Å². The number of carbonyl (C=O) groups excluding carboxylic acids is 1. The lowest BCUT2D eigenvalue weighted by Crippen LogP contribution is -2.25. The minimum absolute atomic E-state index is 0.0404. The van der Waals surface area contributed by atoms with Crippen molar-refractivity contribution in [1.82, 2.24) is 15.3 Å². The molecule has 0 saturated carbocycles. The number of nitrogens with one attached hydrogen (secondary N) is 2. The average molecular weight is 283 g/mol. The fraction of sp³-hybridized carbons (Fsp3) is 0.412. The predicted molar refractivity (Wildman–Crippen MR) is 82.0 cm³/mol. The van der Waals surface area contributed by atoms with Crippen molar-refractivity contribution in [3.8, 4) is 0 Å². The summed E-state index contributed by atoms with van der Waals surface area (Å²) in [5.74, 6) is 0.915. The molecule has 2 N–H and O–H groups in total. The fourth-order valence-electron chi connectivity index (χ4n) is 2.82. The molecule has 1 aromatic heterocycles. The van der Waals surface area contributed by atoms with Crippen LogP contribution in [0.25, 0.3) is 0 Å². The van der Waals surface area contributed by atoms with E-state index >= 15 is 0 Å². The Kier molecular flexibility index (Phi) is 4.04. The van der Waals surface area contributed by atoms with Crippen molar-refractivity contribution in [3.63, 3.8) is 0 Å². The van der Waals surface area contributed by atoms with Crippen molar-refractivity contribution in [2.24, 2.45) is 0 Å². The number of aryl methyl sites for hydroxylation is 3. The van der Waals surface area contributed by atoms with Crippen molar-refractivity contribution >= 4 is 5.91 Å². The van der Waals surface area contributed by atoms with Crippen LogP contribution in [0.5, 0.6) is 0 Å². The Hall–Kier alpha value is -2.10. The Labute approximate surface area is 125 Å². The van der Waals surface area contributed by atoms with Crippen LogP contribution in [0.4, 0.5) is 0 Å². The van der Waals surface area contributed by atoms with E-state index in [0.29, 0.717) is 13.0 Å². The Morgan fingerprint density at radius 2 is 2.10 bits per heavy atom. The third kappa shape index (κ3) is 3.32. The molecule has 0 fully saturated rings. The van der Waals surface area contributed by atoms with E-state index in [9.17, 15) is 4.79 Å². The largest absolute Gasteiger partial charge is 0.349 e. The summed E-state index contributed by atoms with van der Waals surface area (Å²) in [4.78, 5) is 19.9. The molecular formula is C17H21N3O. The first-order valence-corrected chi connectivity index (χ1v) is 7.60. The molecule has 1 aromatic carbocycles. The Bertz CT molecular complexity index is 622. The van der Waals surface area contributed by atoms with Gasteiger partial charge in [-0.05, 0) is 43.7 Å². The summed E-state index contributed by atoms with van der Waals surface area (Å²) < 4.78 is 0. The Balaban J connectivity index is 1.56. The molecule has 0 spiro atoms. The molecule has 0 saturated heterocycles. The number of hydrogen-bond acceptors (Lipinski definition) is 2. The van der Waals surface area contributed by atoms with Gasteiger partial charge in [0.25, 0.3) is 0 Å². The summed E-state index contributed by atoms with van der Waals surface area (Å²) in [6, 6.07) is 7.99. The summed E-state index contributed by atoms with van der Waals surface area (Å²) >= 11 is 0. The first-order valence-electron chi connectivity index (χ1n) is 7.60. The number of rotatable bonds is 4. The van der Waals surface area contributed by atoms with Gasteiger partial charge in [0, 0.05) is 5.69 Å². The lowest BCUT2D eigenvalue weighted by atomic mass is 10.0. The monoisotopic (exact) mass is 283 g/mol. The lowest BCUT2D eigenvalue weighted by molar-refractivity contribution is -0.120. The molecule has 2 aromatic rings. The van der Waals surface area contributed by atoms with E-state index in [4.69, 9.17) is 0 Å². The van der Waals surface area contributed by atoms with E-state index in [0.717, 1.165) is 29.8 Å². The number of aromatic nitrogens is 2. The highest BCUT2D eigenvalue weighted by molar-refractivity contribution is 5.78. The van der Waals surface area contributed by atoms with E-state index in [-0.39, 0.29) is 5.91 Å². The molecule has 4 nitrogen and oxygen atoms in total. The molecule has 4 heteroatoms. The number of nitrogens with zero attached hydrogens (tertiary/aromatic N) is 1. The van der Waals surface area contributed by atoms with Crippen molar-refractivity contribution < 1.29 is 4.79 Å². The molecule has 110 valence electrons. The van der Waals surface area contributed by atoms with Crippen LogP contribution in [-0.2, 0) is 30.6 Å². The number of hydrogen-bond donors (Lipinski definition) is 2. The quantitative estimate of drug-likeness (QED) is 0.905. The summed E-state index contributed by atoms with van der Waals surface area (Å²) in [7, 11) is 0. The van der Waals surface area contributed by atoms with E-state index in [1.165, 1.54) is 24.2 Å². The third-order valence-electron chi connectivity index (χ3n) is 4.07. The van der Waals surface area contributed by atoms with Gasteiger partial charge in [-0.15, -0.1) is 0 Å². The zero-order valence-electron chi connectivity index (χ0n) is 12.4. The molecule has 0 atom stereocenters. The number of H-pyrrole nitrogens is 1. The molecule has 0 radical (unpaired) electrons. The van der Waals surface area contributed by atoms with Gasteiger partial charge in [0.15, 0.2) is 0 Å². The second-order valence-corrected chi connectivity index (χ2v) is 5.70. The predicted octanol–water partition coefficient (Wildman–Crippen LogP) is 2.46. The normalized spacial score (nSPS) is 13.8. The van der Waals surface area contributed by atoms with E-state index in [2.05, 4.69) is 15.3 Å². The second-order valence-electron chi connectivity index (χ2n) is 5.70. The van der Waals surface area contributed by atoms with Crippen molar-refractivity contribution in [3.05, 3.63) is 52.6 Å². The maximum atomic E-state index is 12.0. The van der Waals surface area contributed by atoms with Crippen LogP contribution in [0.1, 0.15) is 41.2 Å². The zero-order chi connectivity index (χ0) is 14.7. The van der Waals surface area contributed by atoms with Gasteiger partial charge in [-0.25, -0.2) is 4.98 Å². The molecule has 0 unspecified atom stereocenters. The molecule has 0 aliphatic heterocycles. The fourth-order valence-corrected chi connectivity index (χ4v) is 2.82. The number of imidazole rings is 1. The average Bonchev–Trinajstić information content (AvgIpc) is 2.90. The minimum Gasteiger partial charge on any atom is -0.349 e. The molecule has 1 amide bonds. The molecule has 3 rings (SSSR count). The molecule has 0 bridgehead atoms. The third-order valence-corrected chi connectivity index (χ3v) is 4.07. The highest BCUT2D eigenvalue weighted by Crippen LogP contribution is 2.18. The maximum Gasteiger partial charge on any atom is 0.224 e. The van der Waals surface area contributed by atoms with Crippen molar-refractivity contribution in [2.75, 3.05) is 0 Å². The summed E-state index contributed by atoms with van der Waals surface area (Å²) in [6.45, 7) is 2.51. The van der Waals surface area contributed by atoms with Gasteiger partial charge in [-0.1, -0.05) is 24.3 Å². The first-order chi connectivity index (χ1) is 10.2. The number of carbonyl (C=O) groups is 1. The van der Waals surface area contributed by atoms with Gasteiger partial charge in [-0.3, -0.25) is 4.79 Å². The molecule has 21 heavy (non-hydrogen) atoms. The van der Waals surface area contributed by atoms with Gasteiger partial charge in [0.1, 0.15) is 5.82 Å². The number of benzene rings is 1. The second kappa shape index (κ2) is 6.12. The van der Waals surface area contributed by atoms with E-state index in [1.807, 2.05) is 31.2 Å². The van der Waals surface area contributed by atoms with Crippen molar-refractivity contribution in [2.45, 2.75) is 45.6 Å². The van der Waals surface area contributed by atoms with Crippen molar-refractivity contribution in [1.29, 1.82) is 0 Å². The lowest BCUT2D eigenvalue weighted by Gasteiger charge is -2.07. The number of aromatic amines is 1. The van der Waals surface area contributed by atoms with Crippen LogP contribution < -0.4 is 5.32 Å². The molecular weight excluding hydrogens is 262 g/mol. The molecule has 1 aliphatic rings. The highest BCUT2D eigenvalue weighted by Gasteiger charge is 2.14. The van der Waals surface area contributed by atoms with Crippen LogP contribution in [0.3, 0.4) is 0 Å². The molecule has 1 heterocycles. The van der Waals surface area contributed by atoms with Crippen LogP contribution in [0.2, 0.25) is 0 Å². The Morgan fingerprint density at radius 3 is 2.90 bits per heavy atom. The highest BCUT2D eigenvalue weighted by atomic mass is 16.1. The smallest absolute Gasteiger partial charge is 0.224 e. The number of fused-ring (bicyclic) bond motifs is 1. The summed E-state index contributed by atoms with van der Waals surface area (Å²) in [5, 5.41) is 2.95. The van der Waals surface area contributed by atoms with Crippen LogP contribution in [0.15, 0.2) is 24.3 Å². The topological polar surface area (TPSA) is 57.8 Å². The van der Waals surface area contributed by atoms with Gasteiger partial charge >= 0.3 is 0 Å². The van der Waals surface area contributed by atoms with Gasteiger partial charge < -0.3 is 10.3 Å². The van der Waals surface area contributed by atoms with Crippen LogP contribution >= 0.6 is 0 Å². The Morgan fingerprint density at radius 1 is 1.29 bits per heavy atom. The SMILES string of the molecule is Cc1ccccc1CC(=O)NCc1nc2c([nH]1)CCCC2. The van der Waals surface area contributed by atoms with Crippen LogP contribution in [-0.4, -0.2) is 15.9 Å². The van der Waals surface area contributed by atoms with E-state index < -0.39 is 0 Å². The number of amides is 1. The zero-order valence-corrected chi connectivity index (χ0v) is 12.4. The van der Waals surface area contributed by atoms with Crippen LogP contribution in [0, 0.1) is 6.92 Å².